The highest BCUT2D eigenvalue weighted by atomic mass is 32.2. The third-order valence-corrected chi connectivity index (χ3v) is 6.67. The molecule has 38 heavy (non-hydrogen) atoms. The Balaban J connectivity index is 0.000000426. The fraction of sp³-hybridized carbons (Fsp3) is 0.391. The minimum Gasteiger partial charge on any atom is -0.475 e. The summed E-state index contributed by atoms with van der Waals surface area (Å²) < 4.78 is 57.3. The zero-order valence-corrected chi connectivity index (χ0v) is 20.8. The summed E-state index contributed by atoms with van der Waals surface area (Å²) in [4.78, 5) is 13.5. The van der Waals surface area contributed by atoms with Crippen LogP contribution in [0.15, 0.2) is 30.5 Å². The van der Waals surface area contributed by atoms with Crippen LogP contribution in [-0.4, -0.2) is 58.6 Å². The van der Waals surface area contributed by atoms with Crippen LogP contribution in [0.3, 0.4) is 0 Å². The third kappa shape index (κ3) is 6.69. The number of benzene rings is 1. The summed E-state index contributed by atoms with van der Waals surface area (Å²) in [6.07, 6.45) is 0.716. The lowest BCUT2D eigenvalue weighted by molar-refractivity contribution is -0.192. The van der Waals surface area contributed by atoms with Crippen LogP contribution >= 0.6 is 0 Å². The average molecular weight is 552 g/mol. The van der Waals surface area contributed by atoms with Gasteiger partial charge in [-0.25, -0.2) is 18.2 Å². The molecule has 15 heteroatoms. The molecule has 2 heterocycles. The summed E-state index contributed by atoms with van der Waals surface area (Å²) in [5.41, 5.74) is 9.33. The van der Waals surface area contributed by atoms with Crippen molar-refractivity contribution in [3.63, 3.8) is 0 Å². The number of anilines is 3. The van der Waals surface area contributed by atoms with Gasteiger partial charge in [0.1, 0.15) is 23.3 Å². The van der Waals surface area contributed by atoms with Crippen molar-refractivity contribution in [1.82, 2.24) is 14.6 Å². The van der Waals surface area contributed by atoms with Gasteiger partial charge in [0.2, 0.25) is 0 Å². The SMILES string of the molecule is CS(=O)(=O)Cc1cc(Nc2cc(NC3CC3)n3ncc(C#N)c3n2)ccc1C1CC1N.O=C(O)C(F)(F)F. The lowest BCUT2D eigenvalue weighted by Crippen LogP contribution is -2.21. The number of carboxylic acids is 1. The van der Waals surface area contributed by atoms with Crippen molar-refractivity contribution >= 4 is 38.8 Å². The lowest BCUT2D eigenvalue weighted by atomic mass is 10.0. The molecule has 0 radical (unpaired) electrons. The fourth-order valence-electron chi connectivity index (χ4n) is 3.82. The molecule has 11 nitrogen and oxygen atoms in total. The molecule has 0 bridgehead atoms. The highest BCUT2D eigenvalue weighted by molar-refractivity contribution is 7.89. The molecular weight excluding hydrogens is 527 g/mol. The Labute approximate surface area is 215 Å². The molecule has 0 saturated heterocycles. The maximum absolute atomic E-state index is 12.0. The van der Waals surface area contributed by atoms with Gasteiger partial charge in [-0.05, 0) is 42.5 Å². The topological polar surface area (TPSA) is 175 Å². The van der Waals surface area contributed by atoms with Gasteiger partial charge in [0.25, 0.3) is 0 Å². The van der Waals surface area contributed by atoms with E-state index in [2.05, 4.69) is 26.8 Å². The third-order valence-electron chi connectivity index (χ3n) is 5.84. The van der Waals surface area contributed by atoms with Crippen LogP contribution in [0.25, 0.3) is 5.65 Å². The van der Waals surface area contributed by atoms with Crippen LogP contribution < -0.4 is 16.4 Å². The van der Waals surface area contributed by atoms with E-state index >= 15 is 0 Å². The number of hydrogen-bond donors (Lipinski definition) is 4. The number of halogens is 3. The van der Waals surface area contributed by atoms with Crippen LogP contribution in [0.1, 0.15) is 41.9 Å². The molecule has 5 N–H and O–H groups in total. The van der Waals surface area contributed by atoms with E-state index < -0.39 is 22.0 Å². The van der Waals surface area contributed by atoms with Crippen LogP contribution in [-0.2, 0) is 20.4 Å². The second kappa shape index (κ2) is 10.1. The number of carbonyl (C=O) groups is 1. The number of aliphatic carboxylic acids is 1. The van der Waals surface area contributed by atoms with E-state index in [1.807, 2.05) is 24.3 Å². The number of nitrogens with one attached hydrogen (secondary N) is 2. The van der Waals surface area contributed by atoms with E-state index in [4.69, 9.17) is 15.6 Å². The number of sulfone groups is 1. The first-order valence-electron chi connectivity index (χ1n) is 11.4. The molecule has 2 saturated carbocycles. The number of aromatic nitrogens is 3. The smallest absolute Gasteiger partial charge is 0.475 e. The number of nitrogens with zero attached hydrogens (tertiary/aromatic N) is 4. The number of rotatable bonds is 7. The van der Waals surface area contributed by atoms with Gasteiger partial charge < -0.3 is 21.5 Å². The normalized spacial score (nSPS) is 18.7. The second-order valence-corrected chi connectivity index (χ2v) is 11.4. The number of fused-ring (bicyclic) bond motifs is 1. The number of carboxylic acid groups (broad SMARTS) is 1. The Morgan fingerprint density at radius 3 is 2.50 bits per heavy atom. The van der Waals surface area contributed by atoms with Crippen molar-refractivity contribution in [2.75, 3.05) is 16.9 Å². The van der Waals surface area contributed by atoms with E-state index in [1.165, 1.54) is 12.5 Å². The van der Waals surface area contributed by atoms with Gasteiger partial charge in [-0.2, -0.15) is 28.0 Å². The molecule has 2 aliphatic rings. The highest BCUT2D eigenvalue weighted by Gasteiger charge is 2.38. The number of alkyl halides is 3. The Bertz CT molecular complexity index is 1530. The van der Waals surface area contributed by atoms with Crippen molar-refractivity contribution in [2.45, 2.75) is 49.2 Å². The summed E-state index contributed by atoms with van der Waals surface area (Å²) in [5, 5.41) is 27.5. The molecule has 0 aliphatic heterocycles. The van der Waals surface area contributed by atoms with E-state index in [-0.39, 0.29) is 17.7 Å². The van der Waals surface area contributed by atoms with Gasteiger partial charge in [-0.3, -0.25) is 0 Å². The summed E-state index contributed by atoms with van der Waals surface area (Å²) in [7, 11) is -3.20. The standard InChI is InChI=1S/C21H23N7O2S.C2HF3O2/c1-31(29,30)11-12-6-15(4-5-16(12)17-7-18(17)23)25-19-8-20(26-14-2-3-14)28-21(27-19)13(9-22)10-24-28;3-2(4,5)1(6)7/h4-6,8,10,14,17-18,26H,2-3,7,11,23H2,1H3,(H,25,27);(H,6,7). The molecule has 2 aliphatic carbocycles. The largest absolute Gasteiger partial charge is 0.490 e. The first kappa shape index (κ1) is 27.1. The van der Waals surface area contributed by atoms with Gasteiger partial charge >= 0.3 is 12.1 Å². The van der Waals surface area contributed by atoms with Gasteiger partial charge in [-0.1, -0.05) is 6.07 Å². The Morgan fingerprint density at radius 1 is 1.32 bits per heavy atom. The van der Waals surface area contributed by atoms with E-state index in [9.17, 15) is 26.9 Å². The first-order chi connectivity index (χ1) is 17.7. The zero-order chi connectivity index (χ0) is 27.8. The second-order valence-electron chi connectivity index (χ2n) is 9.27. The molecule has 2 unspecified atom stereocenters. The van der Waals surface area contributed by atoms with Crippen LogP contribution in [0.4, 0.5) is 30.5 Å². The average Bonchev–Trinajstić information content (AvgIpc) is 3.71. The van der Waals surface area contributed by atoms with Gasteiger partial charge in [-0.15, -0.1) is 0 Å². The molecule has 2 aromatic heterocycles. The molecule has 3 aromatic rings. The maximum atomic E-state index is 12.0. The molecular formula is C23H24F3N7O4S. The summed E-state index contributed by atoms with van der Waals surface area (Å²) in [6.45, 7) is 0. The van der Waals surface area contributed by atoms with Crippen molar-refractivity contribution in [3.05, 3.63) is 47.2 Å². The summed E-state index contributed by atoms with van der Waals surface area (Å²) >= 11 is 0. The van der Waals surface area contributed by atoms with Crippen LogP contribution in [0, 0.1) is 11.3 Å². The fourth-order valence-corrected chi connectivity index (χ4v) is 4.63. The molecule has 202 valence electrons. The summed E-state index contributed by atoms with van der Waals surface area (Å²) in [5.74, 6) is -1.28. The predicted molar refractivity (Wildman–Crippen MR) is 132 cm³/mol. The zero-order valence-electron chi connectivity index (χ0n) is 20.0. The molecule has 2 fully saturated rings. The number of hydrogen-bond acceptors (Lipinski definition) is 9. The Morgan fingerprint density at radius 2 is 1.97 bits per heavy atom. The number of nitriles is 1. The lowest BCUT2D eigenvalue weighted by Gasteiger charge is -2.14. The van der Waals surface area contributed by atoms with Gasteiger partial charge in [0.15, 0.2) is 15.5 Å². The predicted octanol–water partition coefficient (Wildman–Crippen LogP) is 2.91. The van der Waals surface area contributed by atoms with Crippen molar-refractivity contribution in [3.8, 4) is 6.07 Å². The quantitative estimate of drug-likeness (QED) is 0.342. The molecule has 2 atom stereocenters. The van der Waals surface area contributed by atoms with E-state index in [0.717, 1.165) is 41.9 Å². The number of nitrogens with two attached hydrogens (primary N) is 1. The minimum atomic E-state index is -5.08. The Kier molecular flexibility index (Phi) is 7.22. The first-order valence-corrected chi connectivity index (χ1v) is 13.5. The van der Waals surface area contributed by atoms with Crippen molar-refractivity contribution < 1.29 is 31.5 Å². The van der Waals surface area contributed by atoms with Crippen molar-refractivity contribution in [2.24, 2.45) is 5.73 Å². The van der Waals surface area contributed by atoms with Crippen LogP contribution in [0.5, 0.6) is 0 Å². The van der Waals surface area contributed by atoms with E-state index in [0.29, 0.717) is 23.1 Å². The van der Waals surface area contributed by atoms with Crippen molar-refractivity contribution in [1.29, 1.82) is 5.26 Å². The Hall–Kier alpha value is -3.90. The van der Waals surface area contributed by atoms with E-state index in [1.54, 1.807) is 4.52 Å². The summed E-state index contributed by atoms with van der Waals surface area (Å²) in [6, 6.07) is 10.2. The highest BCUT2D eigenvalue weighted by Crippen LogP contribution is 2.42. The monoisotopic (exact) mass is 551 g/mol. The minimum absolute atomic E-state index is 0.0385. The molecule has 1 aromatic carbocycles. The maximum Gasteiger partial charge on any atom is 0.490 e. The van der Waals surface area contributed by atoms with Gasteiger partial charge in [0, 0.05) is 36.0 Å². The molecule has 0 amide bonds. The molecule has 0 spiro atoms. The van der Waals surface area contributed by atoms with Crippen LogP contribution in [0.2, 0.25) is 0 Å². The van der Waals surface area contributed by atoms with Gasteiger partial charge in [0.05, 0.1) is 11.9 Å². The molecule has 5 rings (SSSR count).